The molecule has 0 aromatic heterocycles. The van der Waals surface area contributed by atoms with Gasteiger partial charge in [-0.25, -0.2) is 4.79 Å². The molecule has 0 aliphatic heterocycles. The molecule has 1 rings (SSSR count). The average Bonchev–Trinajstić information content (AvgIpc) is 2.30. The van der Waals surface area contributed by atoms with Gasteiger partial charge in [-0.15, -0.1) is 0 Å². The Kier molecular flexibility index (Phi) is 4.26. The number of Topliss-reactive ketones (excluding diaryl/α,β-unsaturated/α-hetero) is 1. The van der Waals surface area contributed by atoms with Crippen LogP contribution in [-0.4, -0.2) is 18.5 Å². The Balaban J connectivity index is 2.99. The number of ketones is 1. The Morgan fingerprint density at radius 2 is 1.82 bits per heavy atom. The summed E-state index contributed by atoms with van der Waals surface area (Å²) in [5.74, 6) is -0.253. The van der Waals surface area contributed by atoms with Gasteiger partial charge in [0.1, 0.15) is 0 Å². The van der Waals surface area contributed by atoms with Crippen LogP contribution in [0.2, 0.25) is 0 Å². The van der Waals surface area contributed by atoms with Crippen LogP contribution >= 0.6 is 0 Å². The minimum Gasteiger partial charge on any atom is -0.435 e. The normalized spacial score (nSPS) is 13.6. The molecule has 1 atom stereocenters. The van der Waals surface area contributed by atoms with Crippen LogP contribution in [0.15, 0.2) is 30.3 Å². The van der Waals surface area contributed by atoms with Gasteiger partial charge in [0, 0.05) is 5.56 Å². The summed E-state index contributed by atoms with van der Waals surface area (Å²) >= 11 is 0. The first kappa shape index (κ1) is 13.2. The molecule has 0 N–H and O–H groups in total. The Hall–Kier alpha value is -1.84. The monoisotopic (exact) mass is 236 g/mol. The van der Waals surface area contributed by atoms with E-state index in [0.29, 0.717) is 5.56 Å². The van der Waals surface area contributed by atoms with E-state index in [4.69, 9.17) is 9.47 Å². The van der Waals surface area contributed by atoms with Crippen LogP contribution in [0.4, 0.5) is 4.79 Å². The number of carbonyl (C=O) groups excluding carboxylic acids is 2. The maximum Gasteiger partial charge on any atom is 0.509 e. The fourth-order valence-electron chi connectivity index (χ4n) is 1.40. The molecular weight excluding hydrogens is 220 g/mol. The van der Waals surface area contributed by atoms with Crippen molar-refractivity contribution in [2.45, 2.75) is 26.4 Å². The summed E-state index contributed by atoms with van der Waals surface area (Å²) in [6, 6.07) is 8.87. The van der Waals surface area contributed by atoms with Crippen molar-refractivity contribution in [2.75, 3.05) is 6.61 Å². The van der Waals surface area contributed by atoms with Gasteiger partial charge in [0.2, 0.25) is 0 Å². The summed E-state index contributed by atoms with van der Waals surface area (Å²) in [5.41, 5.74) is -0.673. The molecule has 0 saturated heterocycles. The average molecular weight is 236 g/mol. The third kappa shape index (κ3) is 3.06. The lowest BCUT2D eigenvalue weighted by molar-refractivity contribution is -0.137. The van der Waals surface area contributed by atoms with Gasteiger partial charge in [0.15, 0.2) is 11.4 Å². The first-order valence-electron chi connectivity index (χ1n) is 5.43. The predicted octanol–water partition coefficient (Wildman–Crippen LogP) is 2.66. The van der Waals surface area contributed by atoms with Gasteiger partial charge in [-0.3, -0.25) is 4.79 Å². The Labute approximate surface area is 101 Å². The summed E-state index contributed by atoms with van der Waals surface area (Å²) in [5, 5.41) is 0. The second-order valence-electron chi connectivity index (χ2n) is 3.74. The minimum absolute atomic E-state index is 0.210. The van der Waals surface area contributed by atoms with Crippen LogP contribution < -0.4 is 0 Å². The zero-order valence-corrected chi connectivity index (χ0v) is 10.2. The van der Waals surface area contributed by atoms with E-state index in [1.807, 2.05) is 6.07 Å². The third-order valence-electron chi connectivity index (χ3n) is 2.55. The molecule has 4 nitrogen and oxygen atoms in total. The zero-order valence-electron chi connectivity index (χ0n) is 10.2. The highest BCUT2D eigenvalue weighted by molar-refractivity contribution is 5.87. The second-order valence-corrected chi connectivity index (χ2v) is 3.74. The SMILES string of the molecule is CCOC(=O)OC(C)(C(C)=O)c1ccccc1. The molecule has 0 radical (unpaired) electrons. The third-order valence-corrected chi connectivity index (χ3v) is 2.55. The van der Waals surface area contributed by atoms with Gasteiger partial charge in [-0.1, -0.05) is 30.3 Å². The molecule has 0 aliphatic rings. The summed E-state index contributed by atoms with van der Waals surface area (Å²) in [7, 11) is 0. The second kappa shape index (κ2) is 5.48. The van der Waals surface area contributed by atoms with Gasteiger partial charge >= 0.3 is 6.16 Å². The number of hydrogen-bond donors (Lipinski definition) is 0. The molecule has 0 bridgehead atoms. The number of carbonyl (C=O) groups is 2. The molecule has 1 aromatic rings. The Bertz CT molecular complexity index is 399. The summed E-state index contributed by atoms with van der Waals surface area (Å²) in [6.07, 6.45) is -0.839. The summed E-state index contributed by atoms with van der Waals surface area (Å²) in [6.45, 7) is 4.82. The van der Waals surface area contributed by atoms with Crippen LogP contribution in [0.1, 0.15) is 26.3 Å². The van der Waals surface area contributed by atoms with Crippen molar-refractivity contribution in [1.29, 1.82) is 0 Å². The smallest absolute Gasteiger partial charge is 0.435 e. The Morgan fingerprint density at radius 3 is 2.29 bits per heavy atom. The number of hydrogen-bond acceptors (Lipinski definition) is 4. The fraction of sp³-hybridized carbons (Fsp3) is 0.385. The van der Waals surface area contributed by atoms with E-state index in [-0.39, 0.29) is 12.4 Å². The predicted molar refractivity (Wildman–Crippen MR) is 62.6 cm³/mol. The highest BCUT2D eigenvalue weighted by atomic mass is 16.7. The molecular formula is C13H16O4. The van der Waals surface area contributed by atoms with Gasteiger partial charge in [-0.2, -0.15) is 0 Å². The molecule has 1 unspecified atom stereocenters. The summed E-state index contributed by atoms with van der Waals surface area (Å²) < 4.78 is 9.81. The highest BCUT2D eigenvalue weighted by Crippen LogP contribution is 2.26. The lowest BCUT2D eigenvalue weighted by Crippen LogP contribution is -2.36. The largest absolute Gasteiger partial charge is 0.509 e. The molecule has 0 saturated carbocycles. The highest BCUT2D eigenvalue weighted by Gasteiger charge is 2.36. The van der Waals surface area contributed by atoms with Crippen LogP contribution in [0.5, 0.6) is 0 Å². The first-order chi connectivity index (χ1) is 8.00. The van der Waals surface area contributed by atoms with Crippen molar-refractivity contribution in [3.05, 3.63) is 35.9 Å². The summed E-state index contributed by atoms with van der Waals surface area (Å²) in [4.78, 5) is 23.0. The van der Waals surface area contributed by atoms with E-state index < -0.39 is 11.8 Å². The molecule has 0 amide bonds. The Morgan fingerprint density at radius 1 is 1.24 bits per heavy atom. The van der Waals surface area contributed by atoms with Crippen LogP contribution in [0.3, 0.4) is 0 Å². The standard InChI is InChI=1S/C13H16O4/c1-4-16-12(15)17-13(3,10(2)14)11-8-6-5-7-9-11/h5-9H,4H2,1-3H3. The van der Waals surface area contributed by atoms with Crippen molar-refractivity contribution in [3.8, 4) is 0 Å². The molecule has 0 heterocycles. The van der Waals surface area contributed by atoms with E-state index in [0.717, 1.165) is 0 Å². The number of benzene rings is 1. The molecule has 17 heavy (non-hydrogen) atoms. The maximum absolute atomic E-state index is 11.7. The van der Waals surface area contributed by atoms with Gasteiger partial charge in [0.25, 0.3) is 0 Å². The van der Waals surface area contributed by atoms with Gasteiger partial charge in [0.05, 0.1) is 6.61 Å². The van der Waals surface area contributed by atoms with Crippen LogP contribution in [0.25, 0.3) is 0 Å². The number of ether oxygens (including phenoxy) is 2. The zero-order chi connectivity index (χ0) is 12.9. The van der Waals surface area contributed by atoms with E-state index in [9.17, 15) is 9.59 Å². The molecule has 92 valence electrons. The van der Waals surface area contributed by atoms with Crippen molar-refractivity contribution in [2.24, 2.45) is 0 Å². The van der Waals surface area contributed by atoms with E-state index >= 15 is 0 Å². The maximum atomic E-state index is 11.7. The van der Waals surface area contributed by atoms with Crippen molar-refractivity contribution in [1.82, 2.24) is 0 Å². The molecule has 0 aliphatic carbocycles. The van der Waals surface area contributed by atoms with E-state index in [1.165, 1.54) is 6.92 Å². The quantitative estimate of drug-likeness (QED) is 0.754. The van der Waals surface area contributed by atoms with E-state index in [1.54, 1.807) is 38.1 Å². The lowest BCUT2D eigenvalue weighted by atomic mass is 9.92. The minimum atomic E-state index is -1.30. The van der Waals surface area contributed by atoms with Crippen molar-refractivity contribution >= 4 is 11.9 Å². The van der Waals surface area contributed by atoms with E-state index in [2.05, 4.69) is 0 Å². The molecule has 4 heteroatoms. The fourth-order valence-corrected chi connectivity index (χ4v) is 1.40. The van der Waals surface area contributed by atoms with Gasteiger partial charge in [-0.05, 0) is 20.8 Å². The van der Waals surface area contributed by atoms with Crippen molar-refractivity contribution < 1.29 is 19.1 Å². The topological polar surface area (TPSA) is 52.6 Å². The van der Waals surface area contributed by atoms with Crippen LogP contribution in [0, 0.1) is 0 Å². The lowest BCUT2D eigenvalue weighted by Gasteiger charge is -2.26. The molecule has 0 fully saturated rings. The molecule has 1 aromatic carbocycles. The van der Waals surface area contributed by atoms with Crippen molar-refractivity contribution in [3.63, 3.8) is 0 Å². The van der Waals surface area contributed by atoms with Crippen LogP contribution in [-0.2, 0) is 19.9 Å². The van der Waals surface area contributed by atoms with Gasteiger partial charge < -0.3 is 9.47 Å². The number of rotatable bonds is 4. The first-order valence-corrected chi connectivity index (χ1v) is 5.43. The molecule has 0 spiro atoms.